The molecule has 0 N–H and O–H groups in total. The number of allylic oxidation sites excluding steroid dienone is 1. The van der Waals surface area contributed by atoms with Gasteiger partial charge in [-0.2, -0.15) is 0 Å². The van der Waals surface area contributed by atoms with Gasteiger partial charge in [0, 0.05) is 41.7 Å². The molecule has 1 aliphatic heterocycles. The standard InChI is InChI=1S/C38H44N2O4S/c1-7-39(8-2)36(41)35-30(18-19-45-35)27-20-26-21-28(43-6)15-17-29(26)34-33(24-12-10-9-11-13-24)31-16-14-25(22-32(31)40(34)23-27)37(42)44-38(3,4)5/h14-22,24H,7-13,23H2,1-6H3. The lowest BCUT2D eigenvalue weighted by Gasteiger charge is -2.24. The van der Waals surface area contributed by atoms with E-state index in [9.17, 15) is 9.59 Å². The first-order valence-corrected chi connectivity index (χ1v) is 17.2. The van der Waals surface area contributed by atoms with Gasteiger partial charge in [-0.15, -0.1) is 11.3 Å². The number of methoxy groups -OCH3 is 1. The van der Waals surface area contributed by atoms with E-state index in [2.05, 4.69) is 34.9 Å². The molecule has 0 unspecified atom stereocenters. The van der Waals surface area contributed by atoms with Gasteiger partial charge in [0.15, 0.2) is 0 Å². The van der Waals surface area contributed by atoms with E-state index in [0.717, 1.165) is 51.2 Å². The van der Waals surface area contributed by atoms with Crippen LogP contribution in [-0.2, 0) is 11.3 Å². The highest BCUT2D eigenvalue weighted by atomic mass is 32.1. The van der Waals surface area contributed by atoms with Crippen LogP contribution in [0.15, 0.2) is 47.8 Å². The van der Waals surface area contributed by atoms with Crippen molar-refractivity contribution < 1.29 is 19.1 Å². The third-order valence-corrected chi connectivity index (χ3v) is 10.1. The molecule has 6 rings (SSSR count). The number of benzene rings is 2. The molecule has 0 bridgehead atoms. The topological polar surface area (TPSA) is 60.8 Å². The van der Waals surface area contributed by atoms with Crippen molar-refractivity contribution in [3.05, 3.63) is 75.0 Å². The Morgan fingerprint density at radius 3 is 2.42 bits per heavy atom. The molecule has 236 valence electrons. The quantitative estimate of drug-likeness (QED) is 0.192. The van der Waals surface area contributed by atoms with Gasteiger partial charge in [-0.3, -0.25) is 4.79 Å². The molecule has 1 amide bonds. The number of rotatable bonds is 7. The Kier molecular flexibility index (Phi) is 8.66. The van der Waals surface area contributed by atoms with Crippen LogP contribution in [0.25, 0.3) is 33.8 Å². The Morgan fingerprint density at radius 2 is 1.73 bits per heavy atom. The summed E-state index contributed by atoms with van der Waals surface area (Å²) in [6.45, 7) is 11.6. The number of carbonyl (C=O) groups is 2. The fraction of sp³-hybridized carbons (Fsp3) is 0.421. The van der Waals surface area contributed by atoms with E-state index in [1.165, 1.54) is 47.2 Å². The number of hydrogen-bond donors (Lipinski definition) is 0. The SMILES string of the molecule is CCN(CC)C(=O)c1sccc1C1=Cc2cc(OC)ccc2-c2c(C3CCCCC3)c3ccc(C(=O)OC(C)(C)C)cc3n2C1. The lowest BCUT2D eigenvalue weighted by atomic mass is 9.81. The van der Waals surface area contributed by atoms with Gasteiger partial charge in [0.05, 0.1) is 23.2 Å². The minimum atomic E-state index is -0.587. The molecule has 4 aromatic rings. The summed E-state index contributed by atoms with van der Waals surface area (Å²) in [5, 5.41) is 3.21. The second-order valence-corrected chi connectivity index (χ2v) is 14.1. The van der Waals surface area contributed by atoms with E-state index >= 15 is 0 Å². The van der Waals surface area contributed by atoms with Crippen molar-refractivity contribution in [3.63, 3.8) is 0 Å². The third kappa shape index (κ3) is 5.95. The highest BCUT2D eigenvalue weighted by Gasteiger charge is 2.31. The normalized spacial score (nSPS) is 15.2. The molecule has 7 heteroatoms. The maximum absolute atomic E-state index is 13.7. The molecule has 2 aliphatic rings. The molecule has 0 radical (unpaired) electrons. The first-order chi connectivity index (χ1) is 21.6. The number of aromatic nitrogens is 1. The zero-order chi connectivity index (χ0) is 31.9. The summed E-state index contributed by atoms with van der Waals surface area (Å²) >= 11 is 1.50. The van der Waals surface area contributed by atoms with Gasteiger partial charge in [0.2, 0.25) is 0 Å². The van der Waals surface area contributed by atoms with E-state index < -0.39 is 5.60 Å². The van der Waals surface area contributed by atoms with Gasteiger partial charge in [-0.05, 0) is 118 Å². The minimum absolute atomic E-state index is 0.0636. The molecular weight excluding hydrogens is 580 g/mol. The van der Waals surface area contributed by atoms with Gasteiger partial charge in [0.25, 0.3) is 5.91 Å². The van der Waals surface area contributed by atoms with Crippen LogP contribution in [0.3, 0.4) is 0 Å². The van der Waals surface area contributed by atoms with Crippen LogP contribution < -0.4 is 4.74 Å². The Balaban J connectivity index is 1.61. The fourth-order valence-corrected chi connectivity index (χ4v) is 7.95. The molecule has 6 nitrogen and oxygen atoms in total. The summed E-state index contributed by atoms with van der Waals surface area (Å²) in [6.07, 6.45) is 8.25. The van der Waals surface area contributed by atoms with Crippen LogP contribution in [0.2, 0.25) is 0 Å². The Hall–Kier alpha value is -3.84. The number of fused-ring (bicyclic) bond motifs is 5. The summed E-state index contributed by atoms with van der Waals surface area (Å²) in [5.74, 6) is 0.972. The molecule has 0 saturated heterocycles. The van der Waals surface area contributed by atoms with Gasteiger partial charge in [-0.25, -0.2) is 4.79 Å². The Bertz CT molecular complexity index is 1780. The van der Waals surface area contributed by atoms with Crippen molar-refractivity contribution in [1.82, 2.24) is 9.47 Å². The number of ether oxygens (including phenoxy) is 2. The highest BCUT2D eigenvalue weighted by Crippen LogP contribution is 2.48. The first kappa shape index (κ1) is 31.2. The lowest BCUT2D eigenvalue weighted by molar-refractivity contribution is 0.00695. The number of hydrogen-bond acceptors (Lipinski definition) is 5. The molecule has 1 fully saturated rings. The van der Waals surface area contributed by atoms with Crippen LogP contribution in [0.1, 0.15) is 109 Å². The van der Waals surface area contributed by atoms with E-state index in [1.807, 2.05) is 63.1 Å². The maximum atomic E-state index is 13.7. The number of nitrogens with zero attached hydrogens (tertiary/aromatic N) is 2. The molecular formula is C38H44N2O4S. The monoisotopic (exact) mass is 624 g/mol. The highest BCUT2D eigenvalue weighted by molar-refractivity contribution is 7.12. The molecule has 2 aromatic carbocycles. The minimum Gasteiger partial charge on any atom is -0.497 e. The number of esters is 1. The smallest absolute Gasteiger partial charge is 0.338 e. The van der Waals surface area contributed by atoms with Crippen LogP contribution in [-0.4, -0.2) is 47.1 Å². The Morgan fingerprint density at radius 1 is 0.978 bits per heavy atom. The van der Waals surface area contributed by atoms with Gasteiger partial charge in [0.1, 0.15) is 11.4 Å². The van der Waals surface area contributed by atoms with Crippen molar-refractivity contribution in [2.24, 2.45) is 0 Å². The second kappa shape index (κ2) is 12.5. The van der Waals surface area contributed by atoms with Crippen LogP contribution in [0, 0.1) is 0 Å². The molecule has 1 aliphatic carbocycles. The second-order valence-electron chi connectivity index (χ2n) is 13.2. The van der Waals surface area contributed by atoms with Crippen LogP contribution in [0.5, 0.6) is 5.75 Å². The fourth-order valence-electron chi connectivity index (χ4n) is 7.05. The Labute approximate surface area is 270 Å². The summed E-state index contributed by atoms with van der Waals surface area (Å²) in [5.41, 5.74) is 7.80. The third-order valence-electron chi connectivity index (χ3n) is 9.18. The molecule has 0 atom stereocenters. The predicted molar refractivity (Wildman–Crippen MR) is 184 cm³/mol. The molecule has 1 saturated carbocycles. The predicted octanol–water partition coefficient (Wildman–Crippen LogP) is 9.42. The number of amides is 1. The van der Waals surface area contributed by atoms with E-state index in [-0.39, 0.29) is 11.9 Å². The summed E-state index contributed by atoms with van der Waals surface area (Å²) in [7, 11) is 1.70. The zero-order valence-electron chi connectivity index (χ0n) is 27.4. The van der Waals surface area contributed by atoms with Crippen molar-refractivity contribution >= 4 is 45.8 Å². The molecule has 3 heterocycles. The molecule has 0 spiro atoms. The zero-order valence-corrected chi connectivity index (χ0v) is 28.2. The number of carbonyl (C=O) groups excluding carboxylic acids is 2. The lowest BCUT2D eigenvalue weighted by Crippen LogP contribution is -2.30. The molecule has 2 aromatic heterocycles. The summed E-state index contributed by atoms with van der Waals surface area (Å²) < 4.78 is 13.9. The van der Waals surface area contributed by atoms with Crippen LogP contribution >= 0.6 is 11.3 Å². The average Bonchev–Trinajstić information content (AvgIpc) is 3.59. The summed E-state index contributed by atoms with van der Waals surface area (Å²) in [4.78, 5) is 29.7. The largest absolute Gasteiger partial charge is 0.497 e. The van der Waals surface area contributed by atoms with Crippen molar-refractivity contribution in [3.8, 4) is 17.0 Å². The van der Waals surface area contributed by atoms with Crippen molar-refractivity contribution in [1.29, 1.82) is 0 Å². The molecule has 45 heavy (non-hydrogen) atoms. The summed E-state index contributed by atoms with van der Waals surface area (Å²) in [6, 6.07) is 14.5. The van der Waals surface area contributed by atoms with Gasteiger partial charge < -0.3 is 18.9 Å². The van der Waals surface area contributed by atoms with Gasteiger partial charge in [-0.1, -0.05) is 25.3 Å². The van der Waals surface area contributed by atoms with E-state index in [0.29, 0.717) is 31.1 Å². The van der Waals surface area contributed by atoms with Crippen molar-refractivity contribution in [2.75, 3.05) is 20.2 Å². The van der Waals surface area contributed by atoms with E-state index in [4.69, 9.17) is 9.47 Å². The van der Waals surface area contributed by atoms with Crippen LogP contribution in [0.4, 0.5) is 0 Å². The van der Waals surface area contributed by atoms with E-state index in [1.54, 1.807) is 7.11 Å². The van der Waals surface area contributed by atoms with Gasteiger partial charge >= 0.3 is 5.97 Å². The first-order valence-electron chi connectivity index (χ1n) is 16.3. The maximum Gasteiger partial charge on any atom is 0.338 e. The number of thiophene rings is 1. The average molecular weight is 625 g/mol. The van der Waals surface area contributed by atoms with Crippen molar-refractivity contribution in [2.45, 2.75) is 84.8 Å².